The zero-order valence-corrected chi connectivity index (χ0v) is 12.2. The van der Waals surface area contributed by atoms with Crippen molar-refractivity contribution in [1.29, 1.82) is 0 Å². The van der Waals surface area contributed by atoms with Gasteiger partial charge >= 0.3 is 0 Å². The normalized spacial score (nSPS) is 19.7. The average Bonchev–Trinajstić information content (AvgIpc) is 2.71. The van der Waals surface area contributed by atoms with Gasteiger partial charge < -0.3 is 15.7 Å². The van der Waals surface area contributed by atoms with Gasteiger partial charge in [0, 0.05) is 25.7 Å². The standard InChI is InChI=1S/C16H27N3O/c17-16(15-5-2-1-3-6-15)7-10-18-8-4-9-19(12-11-18)13-14-20/h1-3,5-6,16,20H,4,7-14,17H2. The molecule has 0 bridgehead atoms. The molecular formula is C16H27N3O. The number of hydrogen-bond acceptors (Lipinski definition) is 4. The number of nitrogens with two attached hydrogens (primary N) is 1. The van der Waals surface area contributed by atoms with Crippen LogP contribution in [0.15, 0.2) is 30.3 Å². The van der Waals surface area contributed by atoms with Crippen LogP contribution in [0.25, 0.3) is 0 Å². The van der Waals surface area contributed by atoms with E-state index in [9.17, 15) is 0 Å². The summed E-state index contributed by atoms with van der Waals surface area (Å²) in [7, 11) is 0. The molecule has 1 heterocycles. The molecule has 0 amide bonds. The van der Waals surface area contributed by atoms with Gasteiger partial charge in [0.2, 0.25) is 0 Å². The minimum atomic E-state index is 0.132. The van der Waals surface area contributed by atoms with Crippen molar-refractivity contribution in [3.05, 3.63) is 35.9 Å². The molecule has 0 saturated carbocycles. The van der Waals surface area contributed by atoms with Crippen molar-refractivity contribution in [3.63, 3.8) is 0 Å². The SMILES string of the molecule is NC(CCN1CCCN(CCO)CC1)c1ccccc1. The minimum Gasteiger partial charge on any atom is -0.395 e. The monoisotopic (exact) mass is 277 g/mol. The van der Waals surface area contributed by atoms with Gasteiger partial charge in [-0.2, -0.15) is 0 Å². The molecular weight excluding hydrogens is 250 g/mol. The van der Waals surface area contributed by atoms with E-state index in [1.165, 1.54) is 12.0 Å². The van der Waals surface area contributed by atoms with E-state index in [1.54, 1.807) is 0 Å². The van der Waals surface area contributed by atoms with Crippen LogP contribution in [-0.4, -0.2) is 60.8 Å². The van der Waals surface area contributed by atoms with Crippen LogP contribution in [0.1, 0.15) is 24.4 Å². The third-order valence-electron chi connectivity index (χ3n) is 4.08. The maximum atomic E-state index is 9.01. The maximum Gasteiger partial charge on any atom is 0.0558 e. The fourth-order valence-electron chi connectivity index (χ4n) is 2.80. The minimum absolute atomic E-state index is 0.132. The number of rotatable bonds is 6. The Bertz CT molecular complexity index is 371. The predicted molar refractivity (Wildman–Crippen MR) is 82.6 cm³/mol. The van der Waals surface area contributed by atoms with Crippen molar-refractivity contribution in [2.24, 2.45) is 5.73 Å². The molecule has 1 aromatic carbocycles. The number of β-amino-alcohol motifs (C(OH)–C–C–N with tert-alkyl or cyclic N) is 1. The third-order valence-corrected chi connectivity index (χ3v) is 4.08. The van der Waals surface area contributed by atoms with Crippen LogP contribution in [0.5, 0.6) is 0 Å². The Kier molecular flexibility index (Phi) is 6.47. The second-order valence-electron chi connectivity index (χ2n) is 5.57. The summed E-state index contributed by atoms with van der Waals surface area (Å²) in [5.41, 5.74) is 7.48. The lowest BCUT2D eigenvalue weighted by atomic mass is 10.0. The van der Waals surface area contributed by atoms with E-state index in [4.69, 9.17) is 10.8 Å². The zero-order valence-electron chi connectivity index (χ0n) is 12.2. The molecule has 0 spiro atoms. The molecule has 1 atom stereocenters. The summed E-state index contributed by atoms with van der Waals surface area (Å²) >= 11 is 0. The maximum absolute atomic E-state index is 9.01. The number of benzene rings is 1. The Morgan fingerprint density at radius 2 is 1.65 bits per heavy atom. The average molecular weight is 277 g/mol. The van der Waals surface area contributed by atoms with Gasteiger partial charge in [-0.25, -0.2) is 0 Å². The first-order valence-electron chi connectivity index (χ1n) is 7.65. The van der Waals surface area contributed by atoms with Crippen LogP contribution in [0.2, 0.25) is 0 Å². The molecule has 1 saturated heterocycles. The van der Waals surface area contributed by atoms with E-state index < -0.39 is 0 Å². The third kappa shape index (κ3) is 4.87. The van der Waals surface area contributed by atoms with E-state index in [0.29, 0.717) is 0 Å². The summed E-state index contributed by atoms with van der Waals surface area (Å²) in [5.74, 6) is 0. The first-order valence-corrected chi connectivity index (χ1v) is 7.65. The van der Waals surface area contributed by atoms with Crippen LogP contribution in [-0.2, 0) is 0 Å². The van der Waals surface area contributed by atoms with Gasteiger partial charge in [-0.1, -0.05) is 30.3 Å². The van der Waals surface area contributed by atoms with Crippen molar-refractivity contribution >= 4 is 0 Å². The number of nitrogens with zero attached hydrogens (tertiary/aromatic N) is 2. The Balaban J connectivity index is 1.74. The van der Waals surface area contributed by atoms with E-state index in [-0.39, 0.29) is 12.6 Å². The van der Waals surface area contributed by atoms with Crippen molar-refractivity contribution in [2.45, 2.75) is 18.9 Å². The first-order chi connectivity index (χ1) is 9.79. The highest BCUT2D eigenvalue weighted by Gasteiger charge is 2.15. The molecule has 4 nitrogen and oxygen atoms in total. The van der Waals surface area contributed by atoms with Gasteiger partial charge in [0.05, 0.1) is 6.61 Å². The molecule has 4 heteroatoms. The fraction of sp³-hybridized carbons (Fsp3) is 0.625. The molecule has 20 heavy (non-hydrogen) atoms. The Morgan fingerprint density at radius 3 is 2.30 bits per heavy atom. The summed E-state index contributed by atoms with van der Waals surface area (Å²) in [4.78, 5) is 4.84. The van der Waals surface area contributed by atoms with E-state index >= 15 is 0 Å². The molecule has 0 aliphatic carbocycles. The summed E-state index contributed by atoms with van der Waals surface area (Å²) < 4.78 is 0. The molecule has 1 aromatic rings. The van der Waals surface area contributed by atoms with Crippen LogP contribution in [0, 0.1) is 0 Å². The van der Waals surface area contributed by atoms with Crippen LogP contribution < -0.4 is 5.73 Å². The highest BCUT2D eigenvalue weighted by molar-refractivity contribution is 5.18. The van der Waals surface area contributed by atoms with Crippen molar-refractivity contribution in [2.75, 3.05) is 45.9 Å². The lowest BCUT2D eigenvalue weighted by molar-refractivity contribution is 0.196. The van der Waals surface area contributed by atoms with Gasteiger partial charge in [0.1, 0.15) is 0 Å². The summed E-state index contributed by atoms with van der Waals surface area (Å²) in [6, 6.07) is 10.5. The smallest absolute Gasteiger partial charge is 0.0558 e. The summed E-state index contributed by atoms with van der Waals surface area (Å²) in [5, 5.41) is 9.01. The Hall–Kier alpha value is -0.940. The van der Waals surface area contributed by atoms with Crippen LogP contribution >= 0.6 is 0 Å². The van der Waals surface area contributed by atoms with E-state index in [1.807, 2.05) is 18.2 Å². The summed E-state index contributed by atoms with van der Waals surface area (Å²) in [6.07, 6.45) is 2.19. The van der Waals surface area contributed by atoms with Gasteiger partial charge in [0.15, 0.2) is 0 Å². The van der Waals surface area contributed by atoms with E-state index in [0.717, 1.165) is 45.7 Å². The summed E-state index contributed by atoms with van der Waals surface area (Å²) in [6.45, 7) is 6.51. The van der Waals surface area contributed by atoms with Gasteiger partial charge in [-0.15, -0.1) is 0 Å². The number of aliphatic hydroxyl groups excluding tert-OH is 1. The van der Waals surface area contributed by atoms with Crippen LogP contribution in [0.3, 0.4) is 0 Å². The van der Waals surface area contributed by atoms with E-state index in [2.05, 4.69) is 21.9 Å². The molecule has 0 aromatic heterocycles. The number of aliphatic hydroxyl groups is 1. The van der Waals surface area contributed by atoms with Crippen LogP contribution in [0.4, 0.5) is 0 Å². The van der Waals surface area contributed by atoms with Gasteiger partial charge in [-0.05, 0) is 38.0 Å². The molecule has 1 fully saturated rings. The highest BCUT2D eigenvalue weighted by atomic mass is 16.3. The zero-order chi connectivity index (χ0) is 14.2. The highest BCUT2D eigenvalue weighted by Crippen LogP contribution is 2.14. The van der Waals surface area contributed by atoms with Crippen molar-refractivity contribution in [3.8, 4) is 0 Å². The molecule has 2 rings (SSSR count). The lowest BCUT2D eigenvalue weighted by Gasteiger charge is -2.22. The number of hydrogen-bond donors (Lipinski definition) is 2. The van der Waals surface area contributed by atoms with Gasteiger partial charge in [-0.3, -0.25) is 4.90 Å². The largest absolute Gasteiger partial charge is 0.395 e. The molecule has 3 N–H and O–H groups in total. The quantitative estimate of drug-likeness (QED) is 0.817. The van der Waals surface area contributed by atoms with Crippen molar-refractivity contribution < 1.29 is 5.11 Å². The second kappa shape index (κ2) is 8.37. The molecule has 1 unspecified atom stereocenters. The predicted octanol–water partition coefficient (Wildman–Crippen LogP) is 1.08. The Morgan fingerprint density at radius 1 is 1.00 bits per heavy atom. The Labute approximate surface area is 122 Å². The topological polar surface area (TPSA) is 52.7 Å². The molecule has 112 valence electrons. The molecule has 1 aliphatic rings. The first kappa shape index (κ1) is 15.4. The molecule has 0 radical (unpaired) electrons. The molecule has 1 aliphatic heterocycles. The van der Waals surface area contributed by atoms with Gasteiger partial charge in [0.25, 0.3) is 0 Å². The second-order valence-corrected chi connectivity index (χ2v) is 5.57. The van der Waals surface area contributed by atoms with Crippen molar-refractivity contribution in [1.82, 2.24) is 9.80 Å². The fourth-order valence-corrected chi connectivity index (χ4v) is 2.80. The lowest BCUT2D eigenvalue weighted by Crippen LogP contribution is -2.33.